The third kappa shape index (κ3) is 4.80. The van der Waals surface area contributed by atoms with Crippen LogP contribution in [-0.4, -0.2) is 45.7 Å². The van der Waals surface area contributed by atoms with E-state index in [2.05, 4.69) is 6.58 Å². The van der Waals surface area contributed by atoms with Gasteiger partial charge in [0.15, 0.2) is 22.7 Å². The largest absolute Gasteiger partial charge is 0.496 e. The fraction of sp³-hybridized carbons (Fsp3) is 0.300. The predicted octanol–water partition coefficient (Wildman–Crippen LogP) is 7.20. The molecule has 3 atom stereocenters. The first kappa shape index (κ1) is 31.8. The molecule has 0 bridgehead atoms. The number of hydrogen-bond acceptors (Lipinski definition) is 10. The molecule has 5 heterocycles. The molecule has 10 nitrogen and oxygen atoms in total. The van der Waals surface area contributed by atoms with Gasteiger partial charge in [-0.1, -0.05) is 18.7 Å². The van der Waals surface area contributed by atoms with Crippen LogP contribution in [0.5, 0.6) is 28.7 Å². The van der Waals surface area contributed by atoms with Crippen molar-refractivity contribution in [2.24, 2.45) is 0 Å². The highest BCUT2D eigenvalue weighted by Crippen LogP contribution is 2.45. The summed E-state index contributed by atoms with van der Waals surface area (Å²) in [4.78, 5) is 26.2. The minimum atomic E-state index is -0.242. The second-order valence-electron chi connectivity index (χ2n) is 13.2. The van der Waals surface area contributed by atoms with E-state index >= 15 is 0 Å². The van der Waals surface area contributed by atoms with Crippen molar-refractivity contribution < 1.29 is 37.3 Å². The zero-order valence-electron chi connectivity index (χ0n) is 28.7. The van der Waals surface area contributed by atoms with Gasteiger partial charge in [0, 0.05) is 30.0 Å². The molecule has 3 aliphatic rings. The fourth-order valence-electron chi connectivity index (χ4n) is 7.00. The summed E-state index contributed by atoms with van der Waals surface area (Å²) in [6.45, 7) is 10.6. The van der Waals surface area contributed by atoms with Gasteiger partial charge in [0.25, 0.3) is 0 Å². The van der Waals surface area contributed by atoms with Crippen LogP contribution in [0.2, 0.25) is 0 Å². The van der Waals surface area contributed by atoms with E-state index in [-0.39, 0.29) is 28.7 Å². The Morgan fingerprint density at radius 1 is 0.760 bits per heavy atom. The van der Waals surface area contributed by atoms with Crippen LogP contribution in [0.1, 0.15) is 30.5 Å². The predicted molar refractivity (Wildman–Crippen MR) is 190 cm³/mol. The molecule has 256 valence electrons. The minimum absolute atomic E-state index is 0.0345. The molecule has 0 aliphatic carbocycles. The van der Waals surface area contributed by atoms with Crippen LogP contribution in [-0.2, 0) is 17.6 Å². The van der Waals surface area contributed by atoms with Crippen molar-refractivity contribution in [1.29, 1.82) is 0 Å². The lowest BCUT2D eigenvalue weighted by Crippen LogP contribution is -2.30. The highest BCUT2D eigenvalue weighted by molar-refractivity contribution is 5.98. The Bertz CT molecular complexity index is 2520. The average Bonchev–Trinajstić information content (AvgIpc) is 3.49. The third-order valence-electron chi connectivity index (χ3n) is 9.96. The van der Waals surface area contributed by atoms with Gasteiger partial charge in [-0.05, 0) is 62.2 Å². The van der Waals surface area contributed by atoms with Crippen LogP contribution in [0.3, 0.4) is 0 Å². The molecule has 2 aromatic heterocycles. The normalized spacial score (nSPS) is 20.1. The van der Waals surface area contributed by atoms with E-state index < -0.39 is 0 Å². The smallest absolute Gasteiger partial charge is 0.204 e. The van der Waals surface area contributed by atoms with E-state index in [1.165, 1.54) is 7.11 Å². The SMILES string of the molecule is C=C(C)C1Cc2c(cc(OC)c3c(=O)c4cccc(OC)c4oc23)O1.COc1cccc2c(=O)c3c(C)cc4c(c3oc12)CC(C1(C)CO1)O4. The molecule has 1 fully saturated rings. The Labute approximate surface area is 286 Å². The average molecular weight is 677 g/mol. The molecule has 3 aliphatic heterocycles. The second-order valence-corrected chi connectivity index (χ2v) is 13.2. The molecule has 9 rings (SSSR count). The summed E-state index contributed by atoms with van der Waals surface area (Å²) in [6.07, 6.45) is 1.09. The number of methoxy groups -OCH3 is 3. The summed E-state index contributed by atoms with van der Waals surface area (Å²) in [5.74, 6) is 2.96. The summed E-state index contributed by atoms with van der Waals surface area (Å²) in [5.41, 5.74) is 5.14. The molecule has 6 aromatic rings. The summed E-state index contributed by atoms with van der Waals surface area (Å²) >= 11 is 0. The van der Waals surface area contributed by atoms with Gasteiger partial charge in [-0.15, -0.1) is 0 Å². The molecule has 0 amide bonds. The van der Waals surface area contributed by atoms with Gasteiger partial charge in [0.1, 0.15) is 51.6 Å². The first-order valence-corrected chi connectivity index (χ1v) is 16.4. The number of fused-ring (bicyclic) bond motifs is 8. The van der Waals surface area contributed by atoms with Crippen molar-refractivity contribution in [1.82, 2.24) is 0 Å². The van der Waals surface area contributed by atoms with Crippen LogP contribution in [0, 0.1) is 6.92 Å². The minimum Gasteiger partial charge on any atom is -0.496 e. The van der Waals surface area contributed by atoms with Gasteiger partial charge in [0.05, 0.1) is 44.1 Å². The zero-order chi connectivity index (χ0) is 35.1. The molecule has 0 radical (unpaired) electrons. The first-order chi connectivity index (χ1) is 24.1. The maximum Gasteiger partial charge on any atom is 0.204 e. The van der Waals surface area contributed by atoms with Gasteiger partial charge in [-0.25, -0.2) is 0 Å². The number of para-hydroxylation sites is 2. The standard InChI is InChI=1S/2C20H18O5/c1-10-7-14-12(8-15(24-14)20(2)9-23-20)19-16(10)17(21)11-5-4-6-13(22-3)18(11)25-19;1-10(2)14-8-12-15(24-14)9-16(23-4)17-18(21)11-6-5-7-13(22-3)19(11)25-20(12)17/h4-7,15H,8-9H2,1-3H3;5-7,9,14H,1,8H2,2-4H3. The van der Waals surface area contributed by atoms with Gasteiger partial charge in [-0.2, -0.15) is 0 Å². The number of aryl methyl sites for hydroxylation is 1. The monoisotopic (exact) mass is 676 g/mol. The van der Waals surface area contributed by atoms with Crippen molar-refractivity contribution >= 4 is 43.9 Å². The van der Waals surface area contributed by atoms with Crippen molar-refractivity contribution in [3.8, 4) is 28.7 Å². The number of benzene rings is 4. The van der Waals surface area contributed by atoms with Crippen LogP contribution in [0.4, 0.5) is 0 Å². The van der Waals surface area contributed by atoms with Crippen molar-refractivity contribution in [3.05, 3.63) is 97.8 Å². The van der Waals surface area contributed by atoms with E-state index in [0.717, 1.165) is 28.0 Å². The van der Waals surface area contributed by atoms with Crippen LogP contribution >= 0.6 is 0 Å². The van der Waals surface area contributed by atoms with Crippen molar-refractivity contribution in [3.63, 3.8) is 0 Å². The summed E-state index contributed by atoms with van der Waals surface area (Å²) < 4.78 is 46.2. The highest BCUT2D eigenvalue weighted by atomic mass is 16.6. The fourth-order valence-corrected chi connectivity index (χ4v) is 7.00. The first-order valence-electron chi connectivity index (χ1n) is 16.4. The van der Waals surface area contributed by atoms with Crippen LogP contribution in [0.25, 0.3) is 43.9 Å². The van der Waals surface area contributed by atoms with Gasteiger partial charge >= 0.3 is 0 Å². The maximum atomic E-state index is 13.1. The molecular weight excluding hydrogens is 640 g/mol. The van der Waals surface area contributed by atoms with E-state index in [1.54, 1.807) is 56.7 Å². The number of epoxide rings is 1. The lowest BCUT2D eigenvalue weighted by Gasteiger charge is -2.14. The summed E-state index contributed by atoms with van der Waals surface area (Å²) in [7, 11) is 4.65. The molecule has 0 spiro atoms. The quantitative estimate of drug-likeness (QED) is 0.105. The highest BCUT2D eigenvalue weighted by Gasteiger charge is 2.51. The Hall–Kier alpha value is -5.48. The van der Waals surface area contributed by atoms with E-state index in [4.69, 9.17) is 37.3 Å². The molecule has 0 saturated carbocycles. The van der Waals surface area contributed by atoms with E-state index in [9.17, 15) is 9.59 Å². The lowest BCUT2D eigenvalue weighted by atomic mass is 9.97. The molecule has 10 heteroatoms. The number of rotatable bonds is 5. The lowest BCUT2D eigenvalue weighted by molar-refractivity contribution is 0.127. The summed E-state index contributed by atoms with van der Waals surface area (Å²) in [5, 5.41) is 2.03. The van der Waals surface area contributed by atoms with E-state index in [0.29, 0.717) is 86.3 Å². The van der Waals surface area contributed by atoms with Gasteiger partial charge in [0.2, 0.25) is 10.9 Å². The third-order valence-corrected chi connectivity index (χ3v) is 9.96. The van der Waals surface area contributed by atoms with Crippen molar-refractivity contribution in [2.45, 2.75) is 51.4 Å². The van der Waals surface area contributed by atoms with Crippen molar-refractivity contribution in [2.75, 3.05) is 27.9 Å². The Balaban J connectivity index is 0.000000144. The van der Waals surface area contributed by atoms with Crippen LogP contribution < -0.4 is 34.5 Å². The maximum absolute atomic E-state index is 13.1. The topological polar surface area (TPSA) is 119 Å². The molecule has 3 unspecified atom stereocenters. The number of ether oxygens (including phenoxy) is 6. The zero-order valence-corrected chi connectivity index (χ0v) is 28.7. The molecular formula is C40H36O10. The molecule has 1 saturated heterocycles. The van der Waals surface area contributed by atoms with Gasteiger partial charge in [-0.3, -0.25) is 9.59 Å². The Morgan fingerprint density at radius 3 is 1.86 bits per heavy atom. The second kappa shape index (κ2) is 11.6. The molecule has 50 heavy (non-hydrogen) atoms. The molecule has 4 aromatic carbocycles. The van der Waals surface area contributed by atoms with E-state index in [1.807, 2.05) is 26.8 Å². The Morgan fingerprint density at radius 2 is 1.30 bits per heavy atom. The summed E-state index contributed by atoms with van der Waals surface area (Å²) in [6, 6.07) is 14.3. The van der Waals surface area contributed by atoms with Gasteiger partial charge < -0.3 is 37.3 Å². The van der Waals surface area contributed by atoms with Crippen LogP contribution in [0.15, 0.2) is 79.1 Å². The Kier molecular flexibility index (Phi) is 7.34. The molecule has 0 N–H and O–H groups in total. The number of hydrogen-bond donors (Lipinski definition) is 0.